The zero-order chi connectivity index (χ0) is 12.3. The Hall–Kier alpha value is -1.06. The van der Waals surface area contributed by atoms with E-state index in [0.717, 1.165) is 38.8 Å². The predicted molar refractivity (Wildman–Crippen MR) is 65.4 cm³/mol. The van der Waals surface area contributed by atoms with Gasteiger partial charge in [-0.3, -0.25) is 9.59 Å². The second-order valence-electron chi connectivity index (χ2n) is 5.17. The summed E-state index contributed by atoms with van der Waals surface area (Å²) in [6.07, 6.45) is 5.75. The predicted octanol–water partition coefficient (Wildman–Crippen LogP) is 1.30. The quantitative estimate of drug-likeness (QED) is 0.805. The molecule has 0 bridgehead atoms. The Balaban J connectivity index is 1.71. The molecule has 2 rings (SSSR count). The standard InChI is InChI=1S/C13H22N2O2/c1-2-12(16)14-11-8-10(9-11)13(17)15-6-4-3-5-7-15/h10-11H,2-9H2,1H3,(H,14,16). The van der Waals surface area contributed by atoms with Crippen LogP contribution in [0.1, 0.15) is 45.4 Å². The third kappa shape index (κ3) is 2.99. The van der Waals surface area contributed by atoms with Crippen molar-refractivity contribution in [2.75, 3.05) is 13.1 Å². The highest BCUT2D eigenvalue weighted by molar-refractivity contribution is 5.81. The molecule has 2 aliphatic rings. The molecule has 1 saturated carbocycles. The Morgan fingerprint density at radius 2 is 1.82 bits per heavy atom. The van der Waals surface area contributed by atoms with Gasteiger partial charge in [0.05, 0.1) is 0 Å². The summed E-state index contributed by atoms with van der Waals surface area (Å²) < 4.78 is 0. The maximum absolute atomic E-state index is 12.1. The lowest BCUT2D eigenvalue weighted by Gasteiger charge is -2.39. The van der Waals surface area contributed by atoms with Gasteiger partial charge in [0.1, 0.15) is 0 Å². The maximum Gasteiger partial charge on any atom is 0.225 e. The van der Waals surface area contributed by atoms with Crippen molar-refractivity contribution in [2.45, 2.75) is 51.5 Å². The van der Waals surface area contributed by atoms with Gasteiger partial charge in [-0.15, -0.1) is 0 Å². The van der Waals surface area contributed by atoms with Gasteiger partial charge in [-0.25, -0.2) is 0 Å². The minimum atomic E-state index is 0.0962. The lowest BCUT2D eigenvalue weighted by molar-refractivity contribution is -0.141. The van der Waals surface area contributed by atoms with Gasteiger partial charge >= 0.3 is 0 Å². The number of amides is 2. The molecule has 2 fully saturated rings. The summed E-state index contributed by atoms with van der Waals surface area (Å²) >= 11 is 0. The number of nitrogens with zero attached hydrogens (tertiary/aromatic N) is 1. The van der Waals surface area contributed by atoms with Crippen LogP contribution in [0, 0.1) is 5.92 Å². The van der Waals surface area contributed by atoms with Gasteiger partial charge < -0.3 is 10.2 Å². The average molecular weight is 238 g/mol. The van der Waals surface area contributed by atoms with Crippen LogP contribution in [0.3, 0.4) is 0 Å². The van der Waals surface area contributed by atoms with E-state index >= 15 is 0 Å². The van der Waals surface area contributed by atoms with Crippen LogP contribution >= 0.6 is 0 Å². The van der Waals surface area contributed by atoms with Crippen molar-refractivity contribution in [3.8, 4) is 0 Å². The number of hydrogen-bond acceptors (Lipinski definition) is 2. The van der Waals surface area contributed by atoms with Gasteiger partial charge in [-0.1, -0.05) is 6.92 Å². The van der Waals surface area contributed by atoms with Crippen molar-refractivity contribution >= 4 is 11.8 Å². The van der Waals surface area contributed by atoms with Crippen molar-refractivity contribution in [1.29, 1.82) is 0 Å². The number of carbonyl (C=O) groups excluding carboxylic acids is 2. The van der Waals surface area contributed by atoms with E-state index in [4.69, 9.17) is 0 Å². The lowest BCUT2D eigenvalue weighted by Crippen LogP contribution is -2.51. The van der Waals surface area contributed by atoms with Gasteiger partial charge in [0.15, 0.2) is 0 Å². The molecule has 1 aliphatic heterocycles. The molecular formula is C13H22N2O2. The van der Waals surface area contributed by atoms with Crippen LogP contribution in [0.2, 0.25) is 0 Å². The van der Waals surface area contributed by atoms with E-state index in [9.17, 15) is 9.59 Å². The van der Waals surface area contributed by atoms with E-state index in [-0.39, 0.29) is 17.9 Å². The molecule has 0 aromatic rings. The van der Waals surface area contributed by atoms with Gasteiger partial charge in [0.2, 0.25) is 11.8 Å². The third-order valence-electron chi connectivity index (χ3n) is 3.84. The summed E-state index contributed by atoms with van der Waals surface area (Å²) in [5.41, 5.74) is 0. The fraction of sp³-hybridized carbons (Fsp3) is 0.846. The first-order valence-corrected chi connectivity index (χ1v) is 6.79. The number of hydrogen-bond donors (Lipinski definition) is 1. The van der Waals surface area contributed by atoms with Crippen molar-refractivity contribution in [2.24, 2.45) is 5.92 Å². The molecule has 17 heavy (non-hydrogen) atoms. The number of carbonyl (C=O) groups is 2. The number of rotatable bonds is 3. The minimum Gasteiger partial charge on any atom is -0.353 e. The van der Waals surface area contributed by atoms with Crippen LogP contribution in [-0.4, -0.2) is 35.8 Å². The highest BCUT2D eigenvalue weighted by Gasteiger charge is 2.37. The summed E-state index contributed by atoms with van der Waals surface area (Å²) in [6, 6.07) is 0.237. The Kier molecular flexibility index (Phi) is 4.02. The van der Waals surface area contributed by atoms with E-state index in [1.165, 1.54) is 6.42 Å². The molecule has 96 valence electrons. The average Bonchev–Trinajstić information content (AvgIpc) is 2.33. The van der Waals surface area contributed by atoms with Crippen LogP contribution in [0.4, 0.5) is 0 Å². The highest BCUT2D eigenvalue weighted by atomic mass is 16.2. The SMILES string of the molecule is CCC(=O)NC1CC(C(=O)N2CCCCC2)C1. The van der Waals surface area contributed by atoms with Crippen molar-refractivity contribution in [3.63, 3.8) is 0 Å². The first-order chi connectivity index (χ1) is 8.20. The molecule has 1 heterocycles. The molecule has 1 aliphatic carbocycles. The van der Waals surface area contributed by atoms with E-state index in [1.54, 1.807) is 0 Å². The molecule has 0 spiro atoms. The molecule has 0 radical (unpaired) electrons. The maximum atomic E-state index is 12.1. The molecule has 0 aromatic carbocycles. The van der Waals surface area contributed by atoms with Crippen LogP contribution in [0.5, 0.6) is 0 Å². The fourth-order valence-corrected chi connectivity index (χ4v) is 2.64. The van der Waals surface area contributed by atoms with E-state index in [0.29, 0.717) is 12.3 Å². The van der Waals surface area contributed by atoms with E-state index in [1.807, 2.05) is 11.8 Å². The monoisotopic (exact) mass is 238 g/mol. The Bertz CT molecular complexity index is 292. The second-order valence-corrected chi connectivity index (χ2v) is 5.17. The number of nitrogens with one attached hydrogen (secondary N) is 1. The summed E-state index contributed by atoms with van der Waals surface area (Å²) in [5.74, 6) is 0.570. The Morgan fingerprint density at radius 1 is 1.18 bits per heavy atom. The van der Waals surface area contributed by atoms with Crippen molar-refractivity contribution in [1.82, 2.24) is 10.2 Å². The third-order valence-corrected chi connectivity index (χ3v) is 3.84. The fourth-order valence-electron chi connectivity index (χ4n) is 2.64. The highest BCUT2D eigenvalue weighted by Crippen LogP contribution is 2.30. The minimum absolute atomic E-state index is 0.0962. The second kappa shape index (κ2) is 5.52. The van der Waals surface area contributed by atoms with Crippen molar-refractivity contribution in [3.05, 3.63) is 0 Å². The first kappa shape index (κ1) is 12.4. The Labute approximate surface area is 103 Å². The molecule has 1 saturated heterocycles. The zero-order valence-electron chi connectivity index (χ0n) is 10.6. The molecule has 1 N–H and O–H groups in total. The van der Waals surface area contributed by atoms with Gasteiger partial charge in [0, 0.05) is 31.5 Å². The largest absolute Gasteiger partial charge is 0.353 e. The summed E-state index contributed by atoms with van der Waals surface area (Å²) in [4.78, 5) is 25.3. The van der Waals surface area contributed by atoms with Gasteiger partial charge in [-0.05, 0) is 32.1 Å². The zero-order valence-corrected chi connectivity index (χ0v) is 10.6. The normalized spacial score (nSPS) is 28.4. The van der Waals surface area contributed by atoms with Gasteiger partial charge in [-0.2, -0.15) is 0 Å². The molecule has 0 unspecified atom stereocenters. The molecule has 2 amide bonds. The smallest absolute Gasteiger partial charge is 0.225 e. The van der Waals surface area contributed by atoms with Crippen molar-refractivity contribution < 1.29 is 9.59 Å². The summed E-state index contributed by atoms with van der Waals surface area (Å²) in [6.45, 7) is 3.72. The van der Waals surface area contributed by atoms with Crippen LogP contribution in [0.15, 0.2) is 0 Å². The summed E-state index contributed by atoms with van der Waals surface area (Å²) in [7, 11) is 0. The van der Waals surface area contributed by atoms with Crippen LogP contribution in [0.25, 0.3) is 0 Å². The molecular weight excluding hydrogens is 216 g/mol. The summed E-state index contributed by atoms with van der Waals surface area (Å²) in [5, 5.41) is 2.94. The number of piperidine rings is 1. The van der Waals surface area contributed by atoms with Crippen LogP contribution < -0.4 is 5.32 Å². The topological polar surface area (TPSA) is 49.4 Å². The molecule has 0 aromatic heterocycles. The lowest BCUT2D eigenvalue weighted by atomic mass is 9.79. The molecule has 0 atom stereocenters. The first-order valence-electron chi connectivity index (χ1n) is 6.79. The Morgan fingerprint density at radius 3 is 2.41 bits per heavy atom. The molecule has 4 nitrogen and oxygen atoms in total. The van der Waals surface area contributed by atoms with E-state index in [2.05, 4.69) is 5.32 Å². The van der Waals surface area contributed by atoms with Crippen LogP contribution in [-0.2, 0) is 9.59 Å². The van der Waals surface area contributed by atoms with E-state index < -0.39 is 0 Å². The number of likely N-dealkylation sites (tertiary alicyclic amines) is 1. The molecule has 4 heteroatoms. The van der Waals surface area contributed by atoms with Gasteiger partial charge in [0.25, 0.3) is 0 Å².